The number of morpholine rings is 1. The van der Waals surface area contributed by atoms with Gasteiger partial charge in [0.15, 0.2) is 0 Å². The van der Waals surface area contributed by atoms with Crippen LogP contribution in [0.5, 0.6) is 0 Å². The van der Waals surface area contributed by atoms with Gasteiger partial charge < -0.3 is 10.1 Å². The summed E-state index contributed by atoms with van der Waals surface area (Å²) < 4.78 is 5.47. The van der Waals surface area contributed by atoms with Gasteiger partial charge in [-0.25, -0.2) is 4.98 Å². The maximum Gasteiger partial charge on any atom is 0.143 e. The number of nitrogens with zero attached hydrogens (tertiary/aromatic N) is 3. The summed E-state index contributed by atoms with van der Waals surface area (Å²) in [6.07, 6.45) is 1.70. The van der Waals surface area contributed by atoms with E-state index in [1.165, 1.54) is 5.56 Å². The lowest BCUT2D eigenvalue weighted by atomic mass is 10.0. The van der Waals surface area contributed by atoms with Gasteiger partial charge >= 0.3 is 0 Å². The zero-order valence-corrected chi connectivity index (χ0v) is 13.0. The van der Waals surface area contributed by atoms with Gasteiger partial charge in [-0.05, 0) is 17.7 Å². The largest absolute Gasteiger partial charge is 0.379 e. The van der Waals surface area contributed by atoms with Crippen LogP contribution in [0.2, 0.25) is 0 Å². The SMILES string of the molecule is N#Cc1cccnc1NCC(c1ccccc1)N1CCOCC1. The number of rotatable bonds is 5. The Morgan fingerprint density at radius 2 is 1.96 bits per heavy atom. The lowest BCUT2D eigenvalue weighted by molar-refractivity contribution is 0.0187. The molecular weight excluding hydrogens is 288 g/mol. The van der Waals surface area contributed by atoms with Gasteiger partial charge in [0.05, 0.1) is 24.8 Å². The van der Waals surface area contributed by atoms with Crippen molar-refractivity contribution in [2.75, 3.05) is 38.2 Å². The van der Waals surface area contributed by atoms with Crippen molar-refractivity contribution >= 4 is 5.82 Å². The van der Waals surface area contributed by atoms with Gasteiger partial charge in [-0.15, -0.1) is 0 Å². The first kappa shape index (κ1) is 15.5. The molecule has 0 radical (unpaired) electrons. The summed E-state index contributed by atoms with van der Waals surface area (Å²) in [5, 5.41) is 12.5. The summed E-state index contributed by atoms with van der Waals surface area (Å²) in [6, 6.07) is 16.4. The highest BCUT2D eigenvalue weighted by Crippen LogP contribution is 2.23. The monoisotopic (exact) mass is 308 g/mol. The molecule has 2 aromatic rings. The third-order valence-electron chi connectivity index (χ3n) is 4.06. The van der Waals surface area contributed by atoms with Crippen molar-refractivity contribution in [3.05, 3.63) is 59.8 Å². The molecule has 3 rings (SSSR count). The number of anilines is 1. The number of nitrogens with one attached hydrogen (secondary N) is 1. The van der Waals surface area contributed by atoms with E-state index in [4.69, 9.17) is 4.74 Å². The molecule has 1 N–H and O–H groups in total. The molecule has 118 valence electrons. The number of hydrogen-bond acceptors (Lipinski definition) is 5. The van der Waals surface area contributed by atoms with Crippen molar-refractivity contribution in [2.24, 2.45) is 0 Å². The summed E-state index contributed by atoms with van der Waals surface area (Å²) in [7, 11) is 0. The van der Waals surface area contributed by atoms with Crippen LogP contribution in [0.1, 0.15) is 17.2 Å². The van der Waals surface area contributed by atoms with Gasteiger partial charge in [-0.1, -0.05) is 30.3 Å². The smallest absolute Gasteiger partial charge is 0.143 e. The molecule has 0 spiro atoms. The Labute approximate surface area is 136 Å². The molecule has 2 heterocycles. The Kier molecular flexibility index (Phi) is 5.20. The van der Waals surface area contributed by atoms with Crippen molar-refractivity contribution in [3.63, 3.8) is 0 Å². The minimum absolute atomic E-state index is 0.230. The van der Waals surface area contributed by atoms with Gasteiger partial charge in [0.25, 0.3) is 0 Å². The average Bonchev–Trinajstić information content (AvgIpc) is 2.64. The predicted octanol–water partition coefficient (Wildman–Crippen LogP) is 2.44. The Morgan fingerprint density at radius 3 is 2.70 bits per heavy atom. The third-order valence-corrected chi connectivity index (χ3v) is 4.06. The van der Waals surface area contributed by atoms with Gasteiger partial charge in [0.2, 0.25) is 0 Å². The molecule has 1 unspecified atom stereocenters. The van der Waals surface area contributed by atoms with E-state index in [2.05, 4.69) is 45.5 Å². The summed E-state index contributed by atoms with van der Waals surface area (Å²) in [6.45, 7) is 4.05. The van der Waals surface area contributed by atoms with Gasteiger partial charge in [-0.2, -0.15) is 5.26 Å². The number of aromatic nitrogens is 1. The first-order chi connectivity index (χ1) is 11.4. The molecule has 1 aliphatic heterocycles. The van der Waals surface area contributed by atoms with E-state index >= 15 is 0 Å². The first-order valence-corrected chi connectivity index (χ1v) is 7.84. The number of benzene rings is 1. The Bertz CT molecular complexity index is 662. The van der Waals surface area contributed by atoms with Crippen molar-refractivity contribution < 1.29 is 4.74 Å². The number of nitriles is 1. The molecule has 1 saturated heterocycles. The van der Waals surface area contributed by atoms with E-state index in [-0.39, 0.29) is 6.04 Å². The van der Waals surface area contributed by atoms with Crippen LogP contribution < -0.4 is 5.32 Å². The molecule has 1 aliphatic rings. The summed E-state index contributed by atoms with van der Waals surface area (Å²) in [5.41, 5.74) is 1.83. The highest BCUT2D eigenvalue weighted by Gasteiger charge is 2.22. The fourth-order valence-corrected chi connectivity index (χ4v) is 2.85. The Balaban J connectivity index is 1.77. The van der Waals surface area contributed by atoms with Gasteiger partial charge in [0.1, 0.15) is 11.9 Å². The summed E-state index contributed by atoms with van der Waals surface area (Å²) in [4.78, 5) is 6.70. The minimum Gasteiger partial charge on any atom is -0.379 e. The van der Waals surface area contributed by atoms with Crippen molar-refractivity contribution in [3.8, 4) is 6.07 Å². The molecule has 1 aromatic heterocycles. The van der Waals surface area contributed by atoms with E-state index < -0.39 is 0 Å². The summed E-state index contributed by atoms with van der Waals surface area (Å²) in [5.74, 6) is 0.643. The predicted molar refractivity (Wildman–Crippen MR) is 89.0 cm³/mol. The molecule has 1 aromatic carbocycles. The minimum atomic E-state index is 0.230. The molecule has 5 heteroatoms. The zero-order chi connectivity index (χ0) is 15.9. The number of pyridine rings is 1. The molecule has 0 bridgehead atoms. The molecule has 23 heavy (non-hydrogen) atoms. The quantitative estimate of drug-likeness (QED) is 0.919. The second kappa shape index (κ2) is 7.73. The number of ether oxygens (including phenoxy) is 1. The molecule has 0 amide bonds. The van der Waals surface area contributed by atoms with Crippen molar-refractivity contribution in [2.45, 2.75) is 6.04 Å². The van der Waals surface area contributed by atoms with Crippen molar-refractivity contribution in [1.82, 2.24) is 9.88 Å². The summed E-state index contributed by atoms with van der Waals surface area (Å²) >= 11 is 0. The number of hydrogen-bond donors (Lipinski definition) is 1. The maximum atomic E-state index is 9.19. The normalized spacial score (nSPS) is 16.5. The van der Waals surface area contributed by atoms with Crippen LogP contribution in [0.3, 0.4) is 0 Å². The van der Waals surface area contributed by atoms with E-state index in [9.17, 15) is 5.26 Å². The second-order valence-corrected chi connectivity index (χ2v) is 5.47. The van der Waals surface area contributed by atoms with Gasteiger partial charge in [-0.3, -0.25) is 4.90 Å². The van der Waals surface area contributed by atoms with E-state index in [0.29, 0.717) is 17.9 Å². The highest BCUT2D eigenvalue weighted by molar-refractivity contribution is 5.51. The molecule has 5 nitrogen and oxygen atoms in total. The van der Waals surface area contributed by atoms with E-state index in [1.807, 2.05) is 6.07 Å². The highest BCUT2D eigenvalue weighted by atomic mass is 16.5. The third kappa shape index (κ3) is 3.86. The maximum absolute atomic E-state index is 9.19. The molecule has 1 atom stereocenters. The Morgan fingerprint density at radius 1 is 1.17 bits per heavy atom. The van der Waals surface area contributed by atoms with E-state index in [1.54, 1.807) is 18.3 Å². The molecule has 1 fully saturated rings. The van der Waals surface area contributed by atoms with Crippen LogP contribution in [0.4, 0.5) is 5.82 Å². The zero-order valence-electron chi connectivity index (χ0n) is 13.0. The van der Waals surface area contributed by atoms with Crippen LogP contribution in [0, 0.1) is 11.3 Å². The lowest BCUT2D eigenvalue weighted by Crippen LogP contribution is -2.41. The standard InChI is InChI=1S/C18H20N4O/c19-13-16-7-4-8-20-18(16)21-14-17(15-5-2-1-3-6-15)22-9-11-23-12-10-22/h1-8,17H,9-12,14H2,(H,20,21). The Hall–Kier alpha value is -2.42. The van der Waals surface area contributed by atoms with E-state index in [0.717, 1.165) is 26.3 Å². The molecular formula is C18H20N4O. The van der Waals surface area contributed by atoms with Crippen LogP contribution in [-0.2, 0) is 4.74 Å². The van der Waals surface area contributed by atoms with Crippen LogP contribution in [0.25, 0.3) is 0 Å². The fourth-order valence-electron chi connectivity index (χ4n) is 2.85. The van der Waals surface area contributed by atoms with Crippen LogP contribution in [-0.4, -0.2) is 42.7 Å². The lowest BCUT2D eigenvalue weighted by Gasteiger charge is -2.35. The second-order valence-electron chi connectivity index (χ2n) is 5.47. The average molecular weight is 308 g/mol. The first-order valence-electron chi connectivity index (χ1n) is 7.84. The van der Waals surface area contributed by atoms with Crippen LogP contribution in [0.15, 0.2) is 48.7 Å². The van der Waals surface area contributed by atoms with Gasteiger partial charge in [0, 0.05) is 25.8 Å². The van der Waals surface area contributed by atoms with Crippen molar-refractivity contribution in [1.29, 1.82) is 5.26 Å². The molecule has 0 saturated carbocycles. The van der Waals surface area contributed by atoms with Crippen LogP contribution >= 0.6 is 0 Å². The molecule has 0 aliphatic carbocycles. The topological polar surface area (TPSA) is 61.2 Å². The fraction of sp³-hybridized carbons (Fsp3) is 0.333.